The zero-order chi connectivity index (χ0) is 10.7. The van der Waals surface area contributed by atoms with Gasteiger partial charge in [0.05, 0.1) is 7.11 Å². The molecule has 0 unspecified atom stereocenters. The quantitative estimate of drug-likeness (QED) is 0.653. The van der Waals surface area contributed by atoms with Crippen LogP contribution in [-0.4, -0.2) is 7.11 Å². The molecule has 16 heavy (non-hydrogen) atoms. The van der Waals surface area contributed by atoms with E-state index in [1.165, 1.54) is 0 Å². The Labute approximate surface area is 114 Å². The minimum atomic E-state index is 0. The van der Waals surface area contributed by atoms with Crippen LogP contribution in [0.5, 0.6) is 5.75 Å². The molecule has 1 nitrogen and oxygen atoms in total. The van der Waals surface area contributed by atoms with Crippen molar-refractivity contribution in [1.82, 2.24) is 0 Å². The zero-order valence-electron chi connectivity index (χ0n) is 9.18. The molecule has 0 aliphatic heterocycles. The van der Waals surface area contributed by atoms with E-state index in [1.807, 2.05) is 42.5 Å². The van der Waals surface area contributed by atoms with Gasteiger partial charge in [0.25, 0.3) is 0 Å². The Bertz CT molecular complexity index is 454. The van der Waals surface area contributed by atoms with E-state index in [1.54, 1.807) is 7.11 Å². The maximum atomic E-state index is 5.12. The number of benzene rings is 2. The van der Waals surface area contributed by atoms with E-state index in [2.05, 4.69) is 18.7 Å². The van der Waals surface area contributed by atoms with Crippen LogP contribution in [-0.2, 0) is 19.5 Å². The van der Waals surface area contributed by atoms with E-state index in [9.17, 15) is 0 Å². The number of ether oxygens (including phenoxy) is 1. The average molecular weight is 282 g/mol. The molecular formula is C13H12OSZn. The number of hydrogen-bond acceptors (Lipinski definition) is 2. The molecular weight excluding hydrogens is 270 g/mol. The second kappa shape index (κ2) is 6.07. The zero-order valence-corrected chi connectivity index (χ0v) is 13.0. The van der Waals surface area contributed by atoms with Crippen LogP contribution in [0.4, 0.5) is 0 Å². The minimum absolute atomic E-state index is 0. The van der Waals surface area contributed by atoms with Gasteiger partial charge >= 0.3 is 0 Å². The Morgan fingerprint density at radius 3 is 2.12 bits per heavy atom. The van der Waals surface area contributed by atoms with Crippen molar-refractivity contribution in [3.05, 3.63) is 48.5 Å². The summed E-state index contributed by atoms with van der Waals surface area (Å²) in [6.45, 7) is 0. The maximum absolute atomic E-state index is 5.12. The van der Waals surface area contributed by atoms with E-state index < -0.39 is 0 Å². The van der Waals surface area contributed by atoms with Gasteiger partial charge in [-0.2, -0.15) is 0 Å². The third-order valence-electron chi connectivity index (χ3n) is 2.31. The molecule has 0 aliphatic carbocycles. The van der Waals surface area contributed by atoms with E-state index in [0.717, 1.165) is 21.8 Å². The Balaban J connectivity index is 0.00000128. The second-order valence-corrected chi connectivity index (χ2v) is 3.73. The van der Waals surface area contributed by atoms with Gasteiger partial charge in [0.1, 0.15) is 5.75 Å². The van der Waals surface area contributed by atoms with Crippen LogP contribution in [0.3, 0.4) is 0 Å². The van der Waals surface area contributed by atoms with Gasteiger partial charge in [-0.25, -0.2) is 0 Å². The first-order valence-electron chi connectivity index (χ1n) is 4.73. The summed E-state index contributed by atoms with van der Waals surface area (Å²) in [6.07, 6.45) is 0. The van der Waals surface area contributed by atoms with Gasteiger partial charge in [-0.1, -0.05) is 30.3 Å². The van der Waals surface area contributed by atoms with Crippen molar-refractivity contribution in [3.63, 3.8) is 0 Å². The molecule has 78 valence electrons. The summed E-state index contributed by atoms with van der Waals surface area (Å²) in [5, 5.41) is 0. The topological polar surface area (TPSA) is 9.23 Å². The van der Waals surface area contributed by atoms with E-state index in [-0.39, 0.29) is 19.5 Å². The number of rotatable bonds is 2. The van der Waals surface area contributed by atoms with Crippen molar-refractivity contribution < 1.29 is 24.2 Å². The van der Waals surface area contributed by atoms with E-state index in [4.69, 9.17) is 4.74 Å². The summed E-state index contributed by atoms with van der Waals surface area (Å²) in [7, 11) is 1.67. The van der Waals surface area contributed by atoms with Crippen LogP contribution >= 0.6 is 12.6 Å². The number of thiol groups is 1. The van der Waals surface area contributed by atoms with Gasteiger partial charge in [-0.3, -0.25) is 0 Å². The normalized spacial score (nSPS) is 9.38. The first-order valence-corrected chi connectivity index (χ1v) is 5.18. The molecule has 0 atom stereocenters. The predicted octanol–water partition coefficient (Wildman–Crippen LogP) is 3.65. The summed E-state index contributed by atoms with van der Waals surface area (Å²) >= 11 is 4.43. The van der Waals surface area contributed by atoms with Crippen molar-refractivity contribution in [3.8, 4) is 16.9 Å². The molecule has 0 saturated carbocycles. The Hall–Kier alpha value is -0.787. The molecule has 0 spiro atoms. The molecule has 0 N–H and O–H groups in total. The first-order chi connectivity index (χ1) is 7.31. The van der Waals surface area contributed by atoms with Gasteiger partial charge in [0, 0.05) is 24.4 Å². The van der Waals surface area contributed by atoms with Crippen LogP contribution in [0.15, 0.2) is 53.4 Å². The fourth-order valence-electron chi connectivity index (χ4n) is 1.49. The smallest absolute Gasteiger partial charge is 0.118 e. The Kier molecular flexibility index (Phi) is 5.04. The summed E-state index contributed by atoms with van der Waals surface area (Å²) < 4.78 is 5.12. The van der Waals surface area contributed by atoms with Crippen LogP contribution in [0.1, 0.15) is 0 Å². The second-order valence-electron chi connectivity index (χ2n) is 3.25. The van der Waals surface area contributed by atoms with E-state index >= 15 is 0 Å². The van der Waals surface area contributed by atoms with Gasteiger partial charge in [-0.15, -0.1) is 12.6 Å². The molecule has 0 saturated heterocycles. The van der Waals surface area contributed by atoms with Crippen molar-refractivity contribution in [2.75, 3.05) is 7.11 Å². The molecule has 0 aromatic heterocycles. The van der Waals surface area contributed by atoms with Crippen LogP contribution in [0.25, 0.3) is 11.1 Å². The largest absolute Gasteiger partial charge is 0.497 e. The monoisotopic (exact) mass is 280 g/mol. The molecule has 2 aromatic carbocycles. The fourth-order valence-corrected chi connectivity index (χ4v) is 1.78. The number of hydrogen-bond donors (Lipinski definition) is 1. The van der Waals surface area contributed by atoms with E-state index in [0.29, 0.717) is 0 Å². The van der Waals surface area contributed by atoms with Crippen LogP contribution in [0, 0.1) is 0 Å². The molecule has 0 fully saturated rings. The molecule has 3 heteroatoms. The summed E-state index contributed by atoms with van der Waals surface area (Å²) in [5.41, 5.74) is 2.30. The molecule has 0 radical (unpaired) electrons. The van der Waals surface area contributed by atoms with Crippen molar-refractivity contribution >= 4 is 12.6 Å². The summed E-state index contributed by atoms with van der Waals surface area (Å²) in [5.74, 6) is 0.871. The predicted molar refractivity (Wildman–Crippen MR) is 65.7 cm³/mol. The molecule has 0 aliphatic rings. The summed E-state index contributed by atoms with van der Waals surface area (Å²) in [6, 6.07) is 16.0. The molecule has 0 heterocycles. The first kappa shape index (κ1) is 13.3. The molecule has 2 rings (SSSR count). The molecule has 2 aromatic rings. The maximum Gasteiger partial charge on any atom is 0.118 e. The third-order valence-corrected chi connectivity index (χ3v) is 2.70. The SMILES string of the molecule is COc1ccc(-c2ccccc2S)cc1.[Zn]. The van der Waals surface area contributed by atoms with Crippen LogP contribution in [0.2, 0.25) is 0 Å². The third kappa shape index (κ3) is 2.87. The Morgan fingerprint density at radius 2 is 1.56 bits per heavy atom. The van der Waals surface area contributed by atoms with Crippen molar-refractivity contribution in [2.45, 2.75) is 4.90 Å². The number of methoxy groups -OCH3 is 1. The Morgan fingerprint density at radius 1 is 0.938 bits per heavy atom. The van der Waals surface area contributed by atoms with Crippen LogP contribution < -0.4 is 4.74 Å². The van der Waals surface area contributed by atoms with Gasteiger partial charge in [0.2, 0.25) is 0 Å². The molecule has 0 bridgehead atoms. The van der Waals surface area contributed by atoms with Gasteiger partial charge in [0.15, 0.2) is 0 Å². The van der Waals surface area contributed by atoms with Gasteiger partial charge in [-0.05, 0) is 29.3 Å². The average Bonchev–Trinajstić information content (AvgIpc) is 2.30. The van der Waals surface area contributed by atoms with Crippen molar-refractivity contribution in [1.29, 1.82) is 0 Å². The fraction of sp³-hybridized carbons (Fsp3) is 0.0769. The summed E-state index contributed by atoms with van der Waals surface area (Å²) in [4.78, 5) is 0.989. The minimum Gasteiger partial charge on any atom is -0.497 e. The standard InChI is InChI=1S/C13H12OS.Zn/c1-14-11-8-6-10(7-9-11)12-4-2-3-5-13(12)15;/h2-9,15H,1H3;. The van der Waals surface area contributed by atoms with Crippen molar-refractivity contribution in [2.24, 2.45) is 0 Å². The molecule has 0 amide bonds. The van der Waals surface area contributed by atoms with Gasteiger partial charge < -0.3 is 4.74 Å².